The summed E-state index contributed by atoms with van der Waals surface area (Å²) in [4.78, 5) is 46.8. The molecule has 1 N–H and O–H groups in total. The van der Waals surface area contributed by atoms with Crippen molar-refractivity contribution in [2.75, 3.05) is 12.4 Å². The van der Waals surface area contributed by atoms with E-state index in [1.54, 1.807) is 0 Å². The van der Waals surface area contributed by atoms with E-state index in [2.05, 4.69) is 26.0 Å². The first-order chi connectivity index (χ1) is 12.6. The van der Waals surface area contributed by atoms with Crippen LogP contribution >= 0.6 is 27.5 Å². The third kappa shape index (κ3) is 4.52. The smallest absolute Gasteiger partial charge is 0.328 e. The molecule has 2 aromatic rings. The quantitative estimate of drug-likeness (QED) is 0.417. The molecule has 0 radical (unpaired) electrons. The summed E-state index contributed by atoms with van der Waals surface area (Å²) in [6, 6.07) is 3.89. The van der Waals surface area contributed by atoms with E-state index in [0.29, 0.717) is 4.47 Å². The van der Waals surface area contributed by atoms with Crippen LogP contribution in [0.15, 0.2) is 39.7 Å². The average molecular weight is 459 g/mol. The summed E-state index contributed by atoms with van der Waals surface area (Å²) < 4.78 is 6.17. The summed E-state index contributed by atoms with van der Waals surface area (Å²) in [6.45, 7) is 1.47. The number of hydrogen-bond acceptors (Lipinski definition) is 6. The number of amides is 1. The van der Waals surface area contributed by atoms with E-state index in [1.807, 2.05) is 0 Å². The van der Waals surface area contributed by atoms with Gasteiger partial charge in [0, 0.05) is 22.3 Å². The zero-order chi connectivity index (χ0) is 20.3. The molecular weight excluding hydrogens is 446 g/mol. The van der Waals surface area contributed by atoms with Crippen molar-refractivity contribution in [2.24, 2.45) is 0 Å². The van der Waals surface area contributed by atoms with Gasteiger partial charge >= 0.3 is 5.97 Å². The number of carbonyl (C=O) groups excluding carboxylic acids is 2. The van der Waals surface area contributed by atoms with Gasteiger partial charge in [0.2, 0.25) is 0 Å². The fraction of sp³-hybridized carbons (Fsp3) is 0.188. The maximum atomic E-state index is 12.6. The van der Waals surface area contributed by atoms with Gasteiger partial charge in [-0.05, 0) is 41.1 Å². The van der Waals surface area contributed by atoms with Crippen LogP contribution in [0.4, 0.5) is 11.4 Å². The van der Waals surface area contributed by atoms with Crippen molar-refractivity contribution in [2.45, 2.75) is 13.0 Å². The number of nitro benzene ring substituents is 1. The molecule has 0 fully saturated rings. The Balaban J connectivity index is 2.37. The molecule has 9 nitrogen and oxygen atoms in total. The number of halogens is 2. The molecule has 0 aliphatic rings. The number of nitro groups is 1. The van der Waals surface area contributed by atoms with Crippen molar-refractivity contribution in [3.8, 4) is 0 Å². The van der Waals surface area contributed by atoms with Gasteiger partial charge in [0.1, 0.15) is 16.8 Å². The Morgan fingerprint density at radius 3 is 2.59 bits per heavy atom. The van der Waals surface area contributed by atoms with Crippen LogP contribution in [0.5, 0.6) is 0 Å². The predicted octanol–water partition coefficient (Wildman–Crippen LogP) is 3.16. The van der Waals surface area contributed by atoms with Gasteiger partial charge in [0.05, 0.1) is 12.0 Å². The van der Waals surface area contributed by atoms with Gasteiger partial charge in [-0.3, -0.25) is 24.3 Å². The Bertz CT molecular complexity index is 991. The molecule has 1 heterocycles. The average Bonchev–Trinajstić information content (AvgIpc) is 2.62. The van der Waals surface area contributed by atoms with Crippen molar-refractivity contribution in [1.82, 2.24) is 4.57 Å². The summed E-state index contributed by atoms with van der Waals surface area (Å²) in [6.07, 6.45) is 1.39. The molecule has 1 aromatic carbocycles. The highest BCUT2D eigenvalue weighted by molar-refractivity contribution is 9.10. The van der Waals surface area contributed by atoms with Crippen LogP contribution in [0, 0.1) is 10.1 Å². The molecule has 0 aliphatic heterocycles. The molecule has 11 heteroatoms. The number of esters is 1. The number of anilines is 1. The SMILES string of the molecule is COC(=O)C(C)n1cc(Br)cc(NC(=O)c2ccc([N+](=O)[O-])c(Cl)c2)c1=O. The van der Waals surface area contributed by atoms with Crippen LogP contribution < -0.4 is 10.9 Å². The zero-order valence-electron chi connectivity index (χ0n) is 14.1. The Morgan fingerprint density at radius 2 is 2.04 bits per heavy atom. The van der Waals surface area contributed by atoms with Crippen LogP contribution in [-0.2, 0) is 9.53 Å². The maximum Gasteiger partial charge on any atom is 0.328 e. The molecule has 1 aromatic heterocycles. The van der Waals surface area contributed by atoms with Crippen molar-refractivity contribution in [3.63, 3.8) is 0 Å². The van der Waals surface area contributed by atoms with Crippen LogP contribution in [0.25, 0.3) is 0 Å². The molecule has 0 aliphatic carbocycles. The topological polar surface area (TPSA) is 121 Å². The number of methoxy groups -OCH3 is 1. The third-order valence-electron chi connectivity index (χ3n) is 3.62. The zero-order valence-corrected chi connectivity index (χ0v) is 16.4. The van der Waals surface area contributed by atoms with Gasteiger partial charge in [-0.2, -0.15) is 0 Å². The molecule has 2 rings (SSSR count). The van der Waals surface area contributed by atoms with E-state index in [-0.39, 0.29) is 22.0 Å². The van der Waals surface area contributed by atoms with Gasteiger partial charge in [-0.1, -0.05) is 11.6 Å². The standard InChI is InChI=1S/C16H13BrClN3O6/c1-8(16(24)27-2)20-7-10(17)6-12(15(20)23)19-14(22)9-3-4-13(21(25)26)11(18)5-9/h3-8H,1-2H3,(H,19,22). The number of nitrogens with zero attached hydrogens (tertiary/aromatic N) is 2. The molecule has 27 heavy (non-hydrogen) atoms. The van der Waals surface area contributed by atoms with Crippen LogP contribution in [0.1, 0.15) is 23.3 Å². The number of aromatic nitrogens is 1. The molecule has 0 spiro atoms. The Morgan fingerprint density at radius 1 is 1.37 bits per heavy atom. The number of benzene rings is 1. The Labute approximate surface area is 166 Å². The second kappa shape index (κ2) is 8.31. The maximum absolute atomic E-state index is 12.6. The van der Waals surface area contributed by atoms with Gasteiger partial charge in [0.15, 0.2) is 0 Å². The highest BCUT2D eigenvalue weighted by Gasteiger charge is 2.20. The minimum atomic E-state index is -0.913. The summed E-state index contributed by atoms with van der Waals surface area (Å²) in [7, 11) is 1.20. The molecule has 1 unspecified atom stereocenters. The molecular formula is C16H13BrClN3O6. The normalized spacial score (nSPS) is 11.6. The molecule has 142 valence electrons. The van der Waals surface area contributed by atoms with E-state index < -0.39 is 28.4 Å². The lowest BCUT2D eigenvalue weighted by Crippen LogP contribution is -2.31. The highest BCUT2D eigenvalue weighted by Crippen LogP contribution is 2.25. The predicted molar refractivity (Wildman–Crippen MR) is 101 cm³/mol. The molecule has 1 amide bonds. The van der Waals surface area contributed by atoms with E-state index in [9.17, 15) is 24.5 Å². The van der Waals surface area contributed by atoms with Crippen LogP contribution in [0.2, 0.25) is 5.02 Å². The number of ether oxygens (including phenoxy) is 1. The van der Waals surface area contributed by atoms with Crippen LogP contribution in [-0.4, -0.2) is 28.5 Å². The lowest BCUT2D eigenvalue weighted by atomic mass is 10.2. The van der Waals surface area contributed by atoms with Crippen molar-refractivity contribution < 1.29 is 19.2 Å². The fourth-order valence-corrected chi connectivity index (χ4v) is 2.92. The number of hydrogen-bond donors (Lipinski definition) is 1. The summed E-state index contributed by atoms with van der Waals surface area (Å²) in [5.74, 6) is -1.33. The van der Waals surface area contributed by atoms with Crippen LogP contribution in [0.3, 0.4) is 0 Å². The largest absolute Gasteiger partial charge is 0.467 e. The van der Waals surface area contributed by atoms with E-state index >= 15 is 0 Å². The van der Waals surface area contributed by atoms with Gasteiger partial charge < -0.3 is 10.1 Å². The second-order valence-corrected chi connectivity index (χ2v) is 6.68. The van der Waals surface area contributed by atoms with Crippen molar-refractivity contribution in [1.29, 1.82) is 0 Å². The van der Waals surface area contributed by atoms with E-state index in [4.69, 9.17) is 11.6 Å². The number of rotatable bonds is 5. The van der Waals surface area contributed by atoms with Crippen molar-refractivity contribution >= 4 is 50.8 Å². The lowest BCUT2D eigenvalue weighted by Gasteiger charge is -2.15. The second-order valence-electron chi connectivity index (χ2n) is 5.36. The first-order valence-corrected chi connectivity index (χ1v) is 8.57. The summed E-state index contributed by atoms with van der Waals surface area (Å²) in [5.41, 5.74) is -1.04. The van der Waals surface area contributed by atoms with Gasteiger partial charge in [0.25, 0.3) is 17.2 Å². The minimum absolute atomic E-state index is 0.0255. The molecule has 1 atom stereocenters. The molecule has 0 bridgehead atoms. The summed E-state index contributed by atoms with van der Waals surface area (Å²) >= 11 is 9.01. The van der Waals surface area contributed by atoms with Crippen molar-refractivity contribution in [3.05, 3.63) is 66.0 Å². The Hall–Kier alpha value is -2.72. The van der Waals surface area contributed by atoms with Gasteiger partial charge in [-0.25, -0.2) is 4.79 Å². The third-order valence-corrected chi connectivity index (χ3v) is 4.36. The van der Waals surface area contributed by atoms with E-state index in [1.165, 1.54) is 32.4 Å². The monoisotopic (exact) mass is 457 g/mol. The highest BCUT2D eigenvalue weighted by atomic mass is 79.9. The lowest BCUT2D eigenvalue weighted by molar-refractivity contribution is -0.384. The van der Waals surface area contributed by atoms with E-state index in [0.717, 1.165) is 16.7 Å². The first-order valence-electron chi connectivity index (χ1n) is 7.40. The summed E-state index contributed by atoms with van der Waals surface area (Å²) in [5, 5.41) is 13.0. The molecule has 0 saturated carbocycles. The Kier molecular flexibility index (Phi) is 6.34. The first kappa shape index (κ1) is 20.6. The fourth-order valence-electron chi connectivity index (χ4n) is 2.22. The van der Waals surface area contributed by atoms with Gasteiger partial charge in [-0.15, -0.1) is 0 Å². The molecule has 0 saturated heterocycles. The number of carbonyl (C=O) groups is 2. The minimum Gasteiger partial charge on any atom is -0.467 e. The number of nitrogens with one attached hydrogen (secondary N) is 1. The number of pyridine rings is 1.